The van der Waals surface area contributed by atoms with Crippen molar-refractivity contribution in [3.05, 3.63) is 41.7 Å². The molecule has 3 rings (SSSR count). The molecule has 0 atom stereocenters. The van der Waals surface area contributed by atoms with Gasteiger partial charge in [0.25, 0.3) is 0 Å². The fraction of sp³-hybridized carbons (Fsp3) is 0.667. The first-order valence-corrected chi connectivity index (χ1v) is 18.9. The number of alkyl carbamates (subject to hydrolysis) is 1. The maximum absolute atomic E-state index is 12.0. The summed E-state index contributed by atoms with van der Waals surface area (Å²) in [6, 6.07) is 7.60. The number of hydrogen-bond acceptors (Lipinski definition) is 14. The fourth-order valence-electron chi connectivity index (χ4n) is 4.83. The second-order valence-corrected chi connectivity index (χ2v) is 12.3. The van der Waals surface area contributed by atoms with Crippen molar-refractivity contribution in [1.29, 1.82) is 0 Å². The molecule has 0 aliphatic rings. The van der Waals surface area contributed by atoms with Crippen LogP contribution < -0.4 is 15.8 Å². The zero-order valence-electron chi connectivity index (χ0n) is 30.4. The van der Waals surface area contributed by atoms with Crippen LogP contribution in [0, 0.1) is 0 Å². The number of nitrogens with two attached hydrogens (primary N) is 1. The molecule has 2 aromatic heterocycles. The fourth-order valence-corrected chi connectivity index (χ4v) is 5.05. The van der Waals surface area contributed by atoms with E-state index in [2.05, 4.69) is 37.9 Å². The molecular formula is C36H58N6O9S. The van der Waals surface area contributed by atoms with Gasteiger partial charge in [-0.25, -0.2) is 9.78 Å². The third-order valence-corrected chi connectivity index (χ3v) is 7.94. The van der Waals surface area contributed by atoms with E-state index in [-0.39, 0.29) is 25.8 Å². The number of hydrogen-bond donors (Lipinski definition) is 4. The zero-order chi connectivity index (χ0) is 36.7. The number of fused-ring (bicyclic) bond motifs is 1. The summed E-state index contributed by atoms with van der Waals surface area (Å²) in [4.78, 5) is 27.2. The number of benzene rings is 1. The Balaban J connectivity index is 1.01. The minimum atomic E-state index is -0.520. The van der Waals surface area contributed by atoms with Crippen LogP contribution in [0.4, 0.5) is 10.7 Å². The molecule has 0 radical (unpaired) electrons. The summed E-state index contributed by atoms with van der Waals surface area (Å²) in [5.41, 5.74) is 8.58. The van der Waals surface area contributed by atoms with Crippen molar-refractivity contribution >= 4 is 35.8 Å². The van der Waals surface area contributed by atoms with Gasteiger partial charge >= 0.3 is 6.09 Å². The summed E-state index contributed by atoms with van der Waals surface area (Å²) in [5, 5.41) is 2.72. The molecule has 0 saturated carbocycles. The Morgan fingerprint density at radius 1 is 0.654 bits per heavy atom. The quantitative estimate of drug-likeness (QED) is 0.0488. The van der Waals surface area contributed by atoms with Crippen LogP contribution >= 0.6 is 12.6 Å². The van der Waals surface area contributed by atoms with Gasteiger partial charge in [0.15, 0.2) is 5.65 Å². The van der Waals surface area contributed by atoms with Crippen LogP contribution in [0.1, 0.15) is 62.5 Å². The number of ether oxygens (including phenoxy) is 8. The van der Waals surface area contributed by atoms with E-state index in [0.717, 1.165) is 29.9 Å². The monoisotopic (exact) mass is 750 g/mol. The van der Waals surface area contributed by atoms with Crippen LogP contribution in [0.3, 0.4) is 0 Å². The highest BCUT2D eigenvalue weighted by Crippen LogP contribution is 2.21. The van der Waals surface area contributed by atoms with Gasteiger partial charge in [0.05, 0.1) is 79.0 Å². The lowest BCUT2D eigenvalue weighted by atomic mass is 10.1. The molecule has 1 amide bonds. The lowest BCUT2D eigenvalue weighted by Crippen LogP contribution is -2.25. The smallest absolute Gasteiger partial charge is 0.407 e. The van der Waals surface area contributed by atoms with Crippen LogP contribution in [0.2, 0.25) is 0 Å². The predicted octanol–water partition coefficient (Wildman–Crippen LogP) is 4.89. The van der Waals surface area contributed by atoms with E-state index in [1.807, 2.05) is 24.3 Å². The van der Waals surface area contributed by atoms with E-state index in [9.17, 15) is 4.79 Å². The van der Waals surface area contributed by atoms with Crippen LogP contribution in [-0.2, 0) is 46.3 Å². The molecule has 2 heterocycles. The van der Waals surface area contributed by atoms with Gasteiger partial charge < -0.3 is 53.9 Å². The number of nitrogen functional groups attached to an aromatic ring is 1. The number of aromatic nitrogens is 4. The summed E-state index contributed by atoms with van der Waals surface area (Å²) in [6.07, 6.45) is 11.2. The summed E-state index contributed by atoms with van der Waals surface area (Å²) >= 11 is 4.25. The van der Waals surface area contributed by atoms with Gasteiger partial charge in [-0.15, -0.1) is 0 Å². The number of thiol groups is 1. The molecule has 0 unspecified atom stereocenters. The summed E-state index contributed by atoms with van der Waals surface area (Å²) in [6.45, 7) is 6.86. The number of carbonyl (C=O) groups excluding carboxylic acids is 1. The second-order valence-electron chi connectivity index (χ2n) is 11.8. The number of imidazole rings is 1. The van der Waals surface area contributed by atoms with Crippen LogP contribution in [0.25, 0.3) is 11.2 Å². The molecule has 0 aliphatic heterocycles. The largest absolute Gasteiger partial charge is 0.471 e. The Hall–Kier alpha value is -3.25. The highest BCUT2D eigenvalue weighted by molar-refractivity contribution is 7.80. The normalized spacial score (nSPS) is 11.3. The Bertz CT molecular complexity index is 1320. The van der Waals surface area contributed by atoms with Crippen molar-refractivity contribution in [2.75, 3.05) is 97.4 Å². The summed E-state index contributed by atoms with van der Waals surface area (Å²) in [5.74, 6) is 1.43. The predicted molar refractivity (Wildman–Crippen MR) is 201 cm³/mol. The first-order valence-electron chi connectivity index (χ1n) is 18.3. The first kappa shape index (κ1) is 43.2. The molecule has 292 valence electrons. The van der Waals surface area contributed by atoms with Crippen molar-refractivity contribution < 1.29 is 42.7 Å². The minimum Gasteiger partial charge on any atom is -0.471 e. The average Bonchev–Trinajstić information content (AvgIpc) is 3.63. The van der Waals surface area contributed by atoms with Crippen LogP contribution in [-0.4, -0.2) is 118 Å². The molecule has 4 N–H and O–H groups in total. The van der Waals surface area contributed by atoms with Crippen molar-refractivity contribution in [3.63, 3.8) is 0 Å². The molecule has 0 saturated heterocycles. The lowest BCUT2D eigenvalue weighted by molar-refractivity contribution is -0.0186. The summed E-state index contributed by atoms with van der Waals surface area (Å²) < 4.78 is 44.1. The number of carbonyl (C=O) groups is 1. The molecule has 52 heavy (non-hydrogen) atoms. The van der Waals surface area contributed by atoms with Crippen molar-refractivity contribution in [2.45, 2.75) is 64.5 Å². The molecule has 1 aromatic carbocycles. The molecule has 0 spiro atoms. The molecular weight excluding hydrogens is 692 g/mol. The SMILES string of the molecule is Nc1nc(OCc2ccc(CNC(=O)OCCOCCOCCOCCOCCOCCOCCCCCCCCCCS)cc2)c2[nH]cnc2n1. The maximum atomic E-state index is 12.0. The minimum absolute atomic E-state index is 0.0892. The van der Waals surface area contributed by atoms with E-state index in [1.165, 1.54) is 51.3 Å². The summed E-state index contributed by atoms with van der Waals surface area (Å²) in [7, 11) is 0. The number of aromatic amines is 1. The standard InChI is InChI=1S/C36H58N6O9S/c37-35-41-33-32(39-29-40-33)34(42-35)51-28-31-11-9-30(10-12-31)27-38-36(43)50-25-24-49-23-22-48-21-20-47-19-18-46-17-16-45-15-14-44-13-7-5-3-1-2-4-6-8-26-52/h9-12,29,52H,1-8,13-28H2,(H,38,43)(H3,37,39,40,41,42). The third-order valence-electron chi connectivity index (χ3n) is 7.62. The average molecular weight is 751 g/mol. The van der Waals surface area contributed by atoms with Gasteiger partial charge in [-0.3, -0.25) is 0 Å². The van der Waals surface area contributed by atoms with Gasteiger partial charge in [-0.05, 0) is 29.7 Å². The lowest BCUT2D eigenvalue weighted by Gasteiger charge is -2.10. The van der Waals surface area contributed by atoms with Crippen LogP contribution in [0.5, 0.6) is 5.88 Å². The van der Waals surface area contributed by atoms with Crippen LogP contribution in [0.15, 0.2) is 30.6 Å². The molecule has 15 nitrogen and oxygen atoms in total. The second kappa shape index (κ2) is 29.2. The van der Waals surface area contributed by atoms with Crippen molar-refractivity contribution in [2.24, 2.45) is 0 Å². The Morgan fingerprint density at radius 2 is 1.15 bits per heavy atom. The molecule has 0 aliphatic carbocycles. The van der Waals surface area contributed by atoms with Gasteiger partial charge in [0, 0.05) is 13.2 Å². The highest BCUT2D eigenvalue weighted by atomic mass is 32.1. The van der Waals surface area contributed by atoms with Gasteiger partial charge in [0.1, 0.15) is 18.7 Å². The number of amides is 1. The Labute approximate surface area is 312 Å². The van der Waals surface area contributed by atoms with E-state index < -0.39 is 6.09 Å². The van der Waals surface area contributed by atoms with Gasteiger partial charge in [-0.1, -0.05) is 62.8 Å². The number of anilines is 1. The Kier molecular flexibility index (Phi) is 24.3. The highest BCUT2D eigenvalue weighted by Gasteiger charge is 2.10. The van der Waals surface area contributed by atoms with Crippen molar-refractivity contribution in [3.8, 4) is 5.88 Å². The molecule has 0 fully saturated rings. The topological polar surface area (TPSA) is 183 Å². The van der Waals surface area contributed by atoms with E-state index in [4.69, 9.17) is 43.6 Å². The first-order chi connectivity index (χ1) is 25.7. The van der Waals surface area contributed by atoms with E-state index >= 15 is 0 Å². The molecule has 3 aromatic rings. The van der Waals surface area contributed by atoms with Crippen molar-refractivity contribution in [1.82, 2.24) is 25.3 Å². The number of nitrogens with one attached hydrogen (secondary N) is 2. The van der Waals surface area contributed by atoms with Gasteiger partial charge in [0.2, 0.25) is 11.8 Å². The number of nitrogens with zero attached hydrogens (tertiary/aromatic N) is 3. The van der Waals surface area contributed by atoms with E-state index in [0.29, 0.717) is 89.7 Å². The Morgan fingerprint density at radius 3 is 1.73 bits per heavy atom. The number of rotatable bonds is 33. The maximum Gasteiger partial charge on any atom is 0.407 e. The van der Waals surface area contributed by atoms with E-state index in [1.54, 1.807) is 0 Å². The molecule has 16 heteroatoms. The van der Waals surface area contributed by atoms with Gasteiger partial charge in [-0.2, -0.15) is 22.6 Å². The number of unbranched alkanes of at least 4 members (excludes halogenated alkanes) is 7. The zero-order valence-corrected chi connectivity index (χ0v) is 31.3. The third kappa shape index (κ3) is 20.7. The molecule has 0 bridgehead atoms. The number of H-pyrrole nitrogens is 1.